The molecule has 26 heavy (non-hydrogen) atoms. The van der Waals surface area contributed by atoms with Crippen molar-refractivity contribution in [2.24, 2.45) is 11.3 Å². The molecule has 3 rings (SSSR count). The van der Waals surface area contributed by atoms with Crippen molar-refractivity contribution in [1.29, 1.82) is 0 Å². The van der Waals surface area contributed by atoms with Gasteiger partial charge in [0.2, 0.25) is 11.8 Å². The van der Waals surface area contributed by atoms with Crippen molar-refractivity contribution in [3.63, 3.8) is 0 Å². The summed E-state index contributed by atoms with van der Waals surface area (Å²) in [7, 11) is 0. The molecule has 1 saturated carbocycles. The fraction of sp³-hybridized carbons (Fsp3) is 0.667. The van der Waals surface area contributed by atoms with Crippen LogP contribution in [0.5, 0.6) is 0 Å². The molecule has 2 fully saturated rings. The summed E-state index contributed by atoms with van der Waals surface area (Å²) in [5.74, 6) is 0.863. The molecule has 5 nitrogen and oxygen atoms in total. The van der Waals surface area contributed by atoms with Crippen LogP contribution in [0.1, 0.15) is 50.8 Å². The van der Waals surface area contributed by atoms with Crippen LogP contribution < -0.4 is 0 Å². The van der Waals surface area contributed by atoms with Gasteiger partial charge >= 0.3 is 0 Å². The fourth-order valence-electron chi connectivity index (χ4n) is 4.32. The number of nitrogens with zero attached hydrogens (tertiary/aromatic N) is 3. The minimum Gasteiger partial charge on any atom is -0.339 e. The second-order valence-electron chi connectivity index (χ2n) is 8.16. The average Bonchev–Trinajstić information content (AvgIpc) is 2.65. The van der Waals surface area contributed by atoms with Gasteiger partial charge in [-0.3, -0.25) is 14.6 Å². The Kier molecular flexibility index (Phi) is 5.64. The van der Waals surface area contributed by atoms with Gasteiger partial charge < -0.3 is 9.80 Å². The maximum absolute atomic E-state index is 13.1. The Bertz CT molecular complexity index is 667. The van der Waals surface area contributed by atoms with Crippen molar-refractivity contribution >= 4 is 11.8 Å². The quantitative estimate of drug-likeness (QED) is 0.836. The number of rotatable bonds is 3. The number of aromatic nitrogens is 1. The lowest BCUT2D eigenvalue weighted by Crippen LogP contribution is -2.55. The van der Waals surface area contributed by atoms with Crippen LogP contribution in [0.4, 0.5) is 0 Å². The largest absolute Gasteiger partial charge is 0.339 e. The predicted molar refractivity (Wildman–Crippen MR) is 102 cm³/mol. The highest BCUT2D eigenvalue weighted by molar-refractivity contribution is 5.83. The second kappa shape index (κ2) is 7.77. The fourth-order valence-corrected chi connectivity index (χ4v) is 4.32. The van der Waals surface area contributed by atoms with Gasteiger partial charge in [-0.15, -0.1) is 0 Å². The van der Waals surface area contributed by atoms with Crippen molar-refractivity contribution in [1.82, 2.24) is 14.8 Å². The molecule has 0 bridgehead atoms. The monoisotopic (exact) mass is 357 g/mol. The van der Waals surface area contributed by atoms with E-state index in [9.17, 15) is 9.59 Å². The van der Waals surface area contributed by atoms with Crippen LogP contribution in [0.15, 0.2) is 18.3 Å². The summed E-state index contributed by atoms with van der Waals surface area (Å²) < 4.78 is 0. The third-order valence-corrected chi connectivity index (χ3v) is 6.54. The van der Waals surface area contributed by atoms with Gasteiger partial charge in [0.05, 0.1) is 6.42 Å². The van der Waals surface area contributed by atoms with Crippen molar-refractivity contribution in [3.8, 4) is 0 Å². The first-order chi connectivity index (χ1) is 12.4. The maximum atomic E-state index is 13.1. The molecule has 1 saturated heterocycles. The number of amides is 2. The van der Waals surface area contributed by atoms with Crippen LogP contribution in [0.3, 0.4) is 0 Å². The van der Waals surface area contributed by atoms with Crippen molar-refractivity contribution in [2.75, 3.05) is 26.2 Å². The summed E-state index contributed by atoms with van der Waals surface area (Å²) in [4.78, 5) is 33.9. The maximum Gasteiger partial charge on any atom is 0.228 e. The Hall–Kier alpha value is -1.91. The standard InChI is InChI=1S/C21H31N3O2/c1-16-7-4-5-9-21(16,3)20(26)24-13-11-23(12-14-24)19(25)15-18-8-6-10-22-17(18)2/h6,8,10,16H,4-5,7,9,11-15H2,1-3H3. The zero-order chi connectivity index (χ0) is 18.7. The molecule has 0 spiro atoms. The highest BCUT2D eigenvalue weighted by Crippen LogP contribution is 2.42. The van der Waals surface area contributed by atoms with Gasteiger partial charge in [-0.1, -0.05) is 32.8 Å². The molecule has 1 aliphatic carbocycles. The van der Waals surface area contributed by atoms with Crippen molar-refractivity contribution in [3.05, 3.63) is 29.6 Å². The Morgan fingerprint density at radius 3 is 2.54 bits per heavy atom. The summed E-state index contributed by atoms with van der Waals surface area (Å²) in [6, 6.07) is 3.84. The molecule has 1 aromatic heterocycles. The first-order valence-corrected chi connectivity index (χ1v) is 9.89. The van der Waals surface area contributed by atoms with Gasteiger partial charge in [-0.25, -0.2) is 0 Å². The van der Waals surface area contributed by atoms with Crippen LogP contribution in [0.2, 0.25) is 0 Å². The minimum absolute atomic E-state index is 0.130. The number of piperazine rings is 1. The van der Waals surface area contributed by atoms with Gasteiger partial charge in [-0.2, -0.15) is 0 Å². The number of carbonyl (C=O) groups excluding carboxylic acids is 2. The Morgan fingerprint density at radius 1 is 1.19 bits per heavy atom. The van der Waals surface area contributed by atoms with Crippen molar-refractivity contribution in [2.45, 2.75) is 52.9 Å². The average molecular weight is 357 g/mol. The zero-order valence-electron chi connectivity index (χ0n) is 16.3. The first-order valence-electron chi connectivity index (χ1n) is 9.89. The highest BCUT2D eigenvalue weighted by Gasteiger charge is 2.43. The second-order valence-corrected chi connectivity index (χ2v) is 8.16. The van der Waals surface area contributed by atoms with Crippen molar-refractivity contribution < 1.29 is 9.59 Å². The van der Waals surface area contributed by atoms with Crippen LogP contribution in [-0.2, 0) is 16.0 Å². The minimum atomic E-state index is -0.225. The molecular weight excluding hydrogens is 326 g/mol. The van der Waals surface area contributed by atoms with E-state index in [1.807, 2.05) is 28.9 Å². The first kappa shape index (κ1) is 18.9. The molecule has 2 amide bonds. The Labute approximate surface area is 156 Å². The summed E-state index contributed by atoms with van der Waals surface area (Å²) in [5, 5.41) is 0. The number of aryl methyl sites for hydroxylation is 1. The van der Waals surface area contributed by atoms with E-state index in [1.54, 1.807) is 6.20 Å². The van der Waals surface area contributed by atoms with Gasteiger partial charge in [0.15, 0.2) is 0 Å². The molecular formula is C21H31N3O2. The van der Waals surface area contributed by atoms with E-state index >= 15 is 0 Å². The van der Waals surface area contributed by atoms with E-state index < -0.39 is 0 Å². The van der Waals surface area contributed by atoms with Gasteiger partial charge in [-0.05, 0) is 37.3 Å². The predicted octanol–water partition coefficient (Wildman–Crippen LogP) is 2.82. The van der Waals surface area contributed by atoms with E-state index in [2.05, 4.69) is 18.8 Å². The van der Waals surface area contributed by atoms with Crippen LogP contribution in [0.25, 0.3) is 0 Å². The van der Waals surface area contributed by atoms with Gasteiger partial charge in [0.25, 0.3) is 0 Å². The molecule has 2 unspecified atom stereocenters. The Morgan fingerprint density at radius 2 is 1.88 bits per heavy atom. The summed E-state index contributed by atoms with van der Waals surface area (Å²) in [6.07, 6.45) is 6.66. The molecule has 1 aromatic rings. The van der Waals surface area contributed by atoms with E-state index in [0.717, 1.165) is 30.5 Å². The topological polar surface area (TPSA) is 53.5 Å². The van der Waals surface area contributed by atoms with Gasteiger partial charge in [0, 0.05) is 43.5 Å². The highest BCUT2D eigenvalue weighted by atomic mass is 16.2. The SMILES string of the molecule is Cc1ncccc1CC(=O)N1CCN(C(=O)C2(C)CCCCC2C)CC1. The number of pyridine rings is 1. The molecule has 0 aromatic carbocycles. The molecule has 0 N–H and O–H groups in total. The van der Waals surface area contributed by atoms with Crippen LogP contribution in [0, 0.1) is 18.3 Å². The molecule has 2 aliphatic rings. The molecule has 5 heteroatoms. The molecule has 0 radical (unpaired) electrons. The molecule has 2 atom stereocenters. The smallest absolute Gasteiger partial charge is 0.228 e. The molecule has 2 heterocycles. The van der Waals surface area contributed by atoms with E-state index in [4.69, 9.17) is 0 Å². The summed E-state index contributed by atoms with van der Waals surface area (Å²) in [5.41, 5.74) is 1.67. The lowest BCUT2D eigenvalue weighted by atomic mass is 9.67. The summed E-state index contributed by atoms with van der Waals surface area (Å²) in [6.45, 7) is 8.86. The normalized spacial score (nSPS) is 26.7. The third kappa shape index (κ3) is 3.76. The van der Waals surface area contributed by atoms with Crippen LogP contribution >= 0.6 is 0 Å². The van der Waals surface area contributed by atoms with E-state index in [-0.39, 0.29) is 11.3 Å². The Balaban J connectivity index is 1.56. The zero-order valence-corrected chi connectivity index (χ0v) is 16.3. The number of hydrogen-bond acceptors (Lipinski definition) is 3. The molecule has 142 valence electrons. The van der Waals surface area contributed by atoms with E-state index in [1.165, 1.54) is 6.42 Å². The third-order valence-electron chi connectivity index (χ3n) is 6.54. The lowest BCUT2D eigenvalue weighted by molar-refractivity contribution is -0.150. The summed E-state index contributed by atoms with van der Waals surface area (Å²) >= 11 is 0. The van der Waals surface area contributed by atoms with Crippen LogP contribution in [-0.4, -0.2) is 52.8 Å². The van der Waals surface area contributed by atoms with E-state index in [0.29, 0.717) is 44.4 Å². The molecule has 1 aliphatic heterocycles. The number of hydrogen-bond donors (Lipinski definition) is 0. The van der Waals surface area contributed by atoms with Gasteiger partial charge in [0.1, 0.15) is 0 Å². The lowest BCUT2D eigenvalue weighted by Gasteiger charge is -2.44. The number of carbonyl (C=O) groups is 2.